The lowest BCUT2D eigenvalue weighted by atomic mass is 9.96. The molecule has 1 aliphatic rings. The van der Waals surface area contributed by atoms with Crippen LogP contribution in [0.5, 0.6) is 0 Å². The number of esters is 1. The first kappa shape index (κ1) is 20.7. The second kappa shape index (κ2) is 7.79. The van der Waals surface area contributed by atoms with Crippen LogP contribution in [0, 0.1) is 20.8 Å². The number of aryl methyl sites for hydroxylation is 3. The van der Waals surface area contributed by atoms with Gasteiger partial charge in [-0.1, -0.05) is 18.2 Å². The van der Waals surface area contributed by atoms with Crippen molar-refractivity contribution in [3.8, 4) is 0 Å². The number of Topliss-reactive ketones (excluding diaryl/α,β-unsaturated/α-hetero) is 1. The summed E-state index contributed by atoms with van der Waals surface area (Å²) < 4.78 is 31.7. The third-order valence-corrected chi connectivity index (χ3v) is 6.21. The molecule has 29 heavy (non-hydrogen) atoms. The number of rotatable bonds is 5. The van der Waals surface area contributed by atoms with E-state index in [0.717, 1.165) is 16.7 Å². The summed E-state index contributed by atoms with van der Waals surface area (Å²) in [4.78, 5) is 29.0. The first-order valence-corrected chi connectivity index (χ1v) is 10.6. The smallest absolute Gasteiger partial charge is 0.328 e. The van der Waals surface area contributed by atoms with Gasteiger partial charge >= 0.3 is 5.97 Å². The monoisotopic (exact) mass is 414 g/mol. The molecule has 7 nitrogen and oxygen atoms in total. The molecule has 0 saturated carbocycles. The van der Waals surface area contributed by atoms with Gasteiger partial charge in [0.05, 0.1) is 4.90 Å². The van der Waals surface area contributed by atoms with Gasteiger partial charge in [0.25, 0.3) is 10.0 Å². The van der Waals surface area contributed by atoms with Crippen molar-refractivity contribution >= 4 is 27.6 Å². The van der Waals surface area contributed by atoms with Crippen LogP contribution in [-0.2, 0) is 19.6 Å². The maximum atomic E-state index is 12.7. The average molecular weight is 414 g/mol. The molecule has 1 atom stereocenters. The summed E-state index contributed by atoms with van der Waals surface area (Å²) in [5.41, 5.74) is 3.79. The lowest BCUT2D eigenvalue weighted by Gasteiger charge is -2.14. The molecule has 1 heterocycles. The molecular weight excluding hydrogens is 392 g/mol. The van der Waals surface area contributed by atoms with Crippen LogP contribution in [-0.4, -0.2) is 38.7 Å². The summed E-state index contributed by atoms with van der Waals surface area (Å²) in [5, 5.41) is 0. The predicted molar refractivity (Wildman–Crippen MR) is 109 cm³/mol. The summed E-state index contributed by atoms with van der Waals surface area (Å²) in [6.07, 6.45) is -0.976. The maximum Gasteiger partial charge on any atom is 0.328 e. The van der Waals surface area contributed by atoms with Crippen LogP contribution in [0.15, 0.2) is 46.3 Å². The van der Waals surface area contributed by atoms with E-state index in [0.29, 0.717) is 11.1 Å². The number of hydrogen-bond donors (Lipinski definition) is 1. The molecule has 0 saturated heterocycles. The normalized spacial score (nSPS) is 16.8. The van der Waals surface area contributed by atoms with Gasteiger partial charge in [-0.15, -0.1) is 0 Å². The van der Waals surface area contributed by atoms with Crippen LogP contribution in [0.2, 0.25) is 0 Å². The topological polar surface area (TPSA) is 102 Å². The van der Waals surface area contributed by atoms with E-state index >= 15 is 0 Å². The van der Waals surface area contributed by atoms with Crippen molar-refractivity contribution < 1.29 is 22.7 Å². The molecule has 8 heteroatoms. The number of nitrogens with zero attached hydrogens (tertiary/aromatic N) is 1. The highest BCUT2D eigenvalue weighted by Crippen LogP contribution is 2.22. The third-order valence-electron chi connectivity index (χ3n) is 4.81. The molecule has 152 valence electrons. The minimum Gasteiger partial charge on any atom is -0.453 e. The zero-order valence-electron chi connectivity index (χ0n) is 16.6. The number of amidine groups is 1. The molecule has 0 amide bonds. The van der Waals surface area contributed by atoms with Crippen LogP contribution in [0.3, 0.4) is 0 Å². The van der Waals surface area contributed by atoms with E-state index in [-0.39, 0.29) is 16.5 Å². The van der Waals surface area contributed by atoms with Crippen molar-refractivity contribution in [2.75, 3.05) is 6.54 Å². The molecule has 1 aliphatic heterocycles. The first-order valence-electron chi connectivity index (χ1n) is 9.08. The number of ether oxygens (including phenoxy) is 1. The Bertz CT molecular complexity index is 1140. The Hall–Kier alpha value is -3.00. The number of carbonyl (C=O) groups is 2. The van der Waals surface area contributed by atoms with Gasteiger partial charge in [-0.2, -0.15) is 0 Å². The van der Waals surface area contributed by atoms with E-state index in [1.807, 2.05) is 26.8 Å². The molecule has 0 aromatic heterocycles. The fourth-order valence-electron chi connectivity index (χ4n) is 3.13. The predicted octanol–water partition coefficient (Wildman–Crippen LogP) is 2.46. The molecule has 0 bridgehead atoms. The number of fused-ring (bicyclic) bond motifs is 1. The average Bonchev–Trinajstić information content (AvgIpc) is 2.93. The molecule has 0 radical (unpaired) electrons. The van der Waals surface area contributed by atoms with E-state index in [9.17, 15) is 18.0 Å². The van der Waals surface area contributed by atoms with E-state index in [1.54, 1.807) is 24.3 Å². The van der Waals surface area contributed by atoms with Gasteiger partial charge < -0.3 is 4.74 Å². The molecule has 0 fully saturated rings. The second-order valence-electron chi connectivity index (χ2n) is 7.01. The molecule has 2 aromatic rings. The standard InChI is InChI=1S/C21H22N2O5S/c1-12-9-14(3)17(10-13(12)2)20(25)15(4)28-19(24)11-22-21-16-7-5-6-8-18(16)29(26,27)23-21/h5-10,15H,11H2,1-4H3,(H,22,23). The van der Waals surface area contributed by atoms with Gasteiger partial charge in [0.1, 0.15) is 12.4 Å². The van der Waals surface area contributed by atoms with Gasteiger partial charge in [-0.3, -0.25) is 19.3 Å². The molecule has 1 N–H and O–H groups in total. The van der Waals surface area contributed by atoms with Crippen LogP contribution < -0.4 is 4.72 Å². The number of hydrogen-bond acceptors (Lipinski definition) is 6. The summed E-state index contributed by atoms with van der Waals surface area (Å²) in [7, 11) is -3.67. The largest absolute Gasteiger partial charge is 0.453 e. The first-order chi connectivity index (χ1) is 13.6. The zero-order valence-corrected chi connectivity index (χ0v) is 17.5. The number of carbonyl (C=O) groups excluding carboxylic acids is 2. The van der Waals surface area contributed by atoms with Crippen molar-refractivity contribution in [3.63, 3.8) is 0 Å². The number of ketones is 1. The summed E-state index contributed by atoms with van der Waals surface area (Å²) in [5.74, 6) is -0.927. The molecule has 2 aromatic carbocycles. The Morgan fingerprint density at radius 1 is 1.07 bits per heavy atom. The minimum absolute atomic E-state index is 0.0848. The van der Waals surface area contributed by atoms with Gasteiger partial charge in [0.2, 0.25) is 5.78 Å². The number of sulfonamides is 1. The SMILES string of the molecule is Cc1cc(C)c(C(=O)C(C)OC(=O)CN=C2NS(=O)(=O)c3ccccc32)cc1C. The molecule has 1 unspecified atom stereocenters. The van der Waals surface area contributed by atoms with E-state index in [2.05, 4.69) is 9.71 Å². The number of nitrogens with one attached hydrogen (secondary N) is 1. The summed E-state index contributed by atoms with van der Waals surface area (Å²) in [6.45, 7) is 6.82. The van der Waals surface area contributed by atoms with Crippen molar-refractivity contribution in [1.29, 1.82) is 0 Å². The maximum absolute atomic E-state index is 12.7. The van der Waals surface area contributed by atoms with Gasteiger partial charge in [0.15, 0.2) is 6.10 Å². The van der Waals surface area contributed by atoms with Crippen molar-refractivity contribution in [2.45, 2.75) is 38.7 Å². The van der Waals surface area contributed by atoms with Crippen molar-refractivity contribution in [2.24, 2.45) is 4.99 Å². The van der Waals surface area contributed by atoms with Gasteiger partial charge in [-0.05, 0) is 62.6 Å². The van der Waals surface area contributed by atoms with E-state index < -0.39 is 28.6 Å². The Morgan fingerprint density at radius 2 is 1.72 bits per heavy atom. The fourth-order valence-corrected chi connectivity index (χ4v) is 4.38. The van der Waals surface area contributed by atoms with Crippen LogP contribution in [0.25, 0.3) is 0 Å². The van der Waals surface area contributed by atoms with Gasteiger partial charge in [-0.25, -0.2) is 8.42 Å². The highest BCUT2D eigenvalue weighted by atomic mass is 32.2. The molecule has 0 spiro atoms. The van der Waals surface area contributed by atoms with Crippen molar-refractivity contribution in [3.05, 3.63) is 64.2 Å². The Kier molecular flexibility index (Phi) is 5.57. The molecule has 3 rings (SSSR count). The lowest BCUT2D eigenvalue weighted by molar-refractivity contribution is -0.144. The van der Waals surface area contributed by atoms with E-state index in [4.69, 9.17) is 4.74 Å². The van der Waals surface area contributed by atoms with Gasteiger partial charge in [0, 0.05) is 11.1 Å². The molecular formula is C21H22N2O5S. The third kappa shape index (κ3) is 4.22. The highest BCUT2D eigenvalue weighted by Gasteiger charge is 2.30. The minimum atomic E-state index is -3.67. The Labute approximate surface area is 169 Å². The number of benzene rings is 2. The number of aliphatic imine (C=N–C) groups is 1. The second-order valence-corrected chi connectivity index (χ2v) is 8.67. The Morgan fingerprint density at radius 3 is 2.45 bits per heavy atom. The molecule has 0 aliphatic carbocycles. The highest BCUT2D eigenvalue weighted by molar-refractivity contribution is 7.90. The van der Waals surface area contributed by atoms with Crippen LogP contribution in [0.4, 0.5) is 0 Å². The van der Waals surface area contributed by atoms with Crippen LogP contribution >= 0.6 is 0 Å². The quantitative estimate of drug-likeness (QED) is 0.598. The van der Waals surface area contributed by atoms with Crippen molar-refractivity contribution in [1.82, 2.24) is 4.72 Å². The fraction of sp³-hybridized carbons (Fsp3) is 0.286. The van der Waals surface area contributed by atoms with Crippen LogP contribution in [0.1, 0.15) is 39.5 Å². The van der Waals surface area contributed by atoms with E-state index in [1.165, 1.54) is 13.0 Å². The summed E-state index contributed by atoms with van der Waals surface area (Å²) in [6, 6.07) is 10.1. The Balaban J connectivity index is 1.69. The lowest BCUT2D eigenvalue weighted by Crippen LogP contribution is -2.27. The summed E-state index contributed by atoms with van der Waals surface area (Å²) >= 11 is 0. The zero-order chi connectivity index (χ0) is 21.3.